The maximum absolute atomic E-state index is 12.4. The van der Waals surface area contributed by atoms with Gasteiger partial charge in [-0.3, -0.25) is 0 Å². The van der Waals surface area contributed by atoms with Gasteiger partial charge in [-0.25, -0.2) is 4.98 Å². The van der Waals surface area contributed by atoms with Crippen LogP contribution >= 0.6 is 0 Å². The van der Waals surface area contributed by atoms with Gasteiger partial charge in [-0.15, -0.1) is 0 Å². The number of alkyl halides is 3. The van der Waals surface area contributed by atoms with Gasteiger partial charge in [0.25, 0.3) is 0 Å². The van der Waals surface area contributed by atoms with Crippen LogP contribution in [0.15, 0.2) is 12.1 Å². The molecule has 7 heteroatoms. The highest BCUT2D eigenvalue weighted by Gasteiger charge is 2.37. The molecule has 1 fully saturated rings. The van der Waals surface area contributed by atoms with Crippen molar-refractivity contribution in [1.82, 2.24) is 10.3 Å². The van der Waals surface area contributed by atoms with Gasteiger partial charge in [0.15, 0.2) is 0 Å². The van der Waals surface area contributed by atoms with E-state index in [1.165, 1.54) is 6.07 Å². The number of anilines is 1. The molecule has 0 spiro atoms. The SMILES string of the molecule is C[C@@H]1CNC[C@H]2Cc3ccc([C@H](O)CC(F)(F)F)nc3N21. The first-order valence-electron chi connectivity index (χ1n) is 7.09. The molecule has 0 aromatic carbocycles. The predicted octanol–water partition coefficient (Wildman–Crippen LogP) is 1.79. The van der Waals surface area contributed by atoms with Crippen molar-refractivity contribution in [2.75, 3.05) is 18.0 Å². The highest BCUT2D eigenvalue weighted by molar-refractivity contribution is 5.56. The number of piperazine rings is 1. The van der Waals surface area contributed by atoms with Gasteiger partial charge in [-0.1, -0.05) is 6.07 Å². The molecule has 21 heavy (non-hydrogen) atoms. The number of aliphatic hydroxyl groups excluding tert-OH is 1. The molecule has 0 amide bonds. The Bertz CT molecular complexity index is 535. The van der Waals surface area contributed by atoms with Crippen molar-refractivity contribution in [3.8, 4) is 0 Å². The lowest BCUT2D eigenvalue weighted by atomic mass is 10.1. The fourth-order valence-corrected chi connectivity index (χ4v) is 3.21. The highest BCUT2D eigenvalue weighted by Crippen LogP contribution is 2.36. The van der Waals surface area contributed by atoms with Gasteiger partial charge in [0, 0.05) is 25.2 Å². The number of nitrogens with zero attached hydrogens (tertiary/aromatic N) is 2. The smallest absolute Gasteiger partial charge is 0.386 e. The van der Waals surface area contributed by atoms with Crippen LogP contribution < -0.4 is 10.2 Å². The van der Waals surface area contributed by atoms with Crippen molar-refractivity contribution in [2.24, 2.45) is 0 Å². The monoisotopic (exact) mass is 301 g/mol. The minimum Gasteiger partial charge on any atom is -0.386 e. The first-order valence-corrected chi connectivity index (χ1v) is 7.09. The maximum atomic E-state index is 12.4. The van der Waals surface area contributed by atoms with Crippen molar-refractivity contribution in [1.29, 1.82) is 0 Å². The molecule has 2 aliphatic heterocycles. The summed E-state index contributed by atoms with van der Waals surface area (Å²) in [6.45, 7) is 3.74. The Morgan fingerprint density at radius 3 is 2.90 bits per heavy atom. The molecule has 0 aliphatic carbocycles. The van der Waals surface area contributed by atoms with E-state index in [0.29, 0.717) is 6.04 Å². The van der Waals surface area contributed by atoms with E-state index in [0.717, 1.165) is 30.9 Å². The summed E-state index contributed by atoms with van der Waals surface area (Å²) < 4.78 is 37.2. The fraction of sp³-hybridized carbons (Fsp3) is 0.643. The number of fused-ring (bicyclic) bond motifs is 3. The number of hydrogen-bond acceptors (Lipinski definition) is 4. The van der Waals surface area contributed by atoms with Gasteiger partial charge in [-0.2, -0.15) is 13.2 Å². The summed E-state index contributed by atoms with van der Waals surface area (Å²) in [5.41, 5.74) is 1.14. The van der Waals surface area contributed by atoms with Crippen molar-refractivity contribution >= 4 is 5.82 Å². The third-order valence-corrected chi connectivity index (χ3v) is 4.13. The summed E-state index contributed by atoms with van der Waals surface area (Å²) in [6, 6.07) is 3.84. The zero-order chi connectivity index (χ0) is 15.2. The van der Waals surface area contributed by atoms with Gasteiger partial charge >= 0.3 is 6.18 Å². The average Bonchev–Trinajstić information content (AvgIpc) is 2.75. The quantitative estimate of drug-likeness (QED) is 0.874. The summed E-state index contributed by atoms with van der Waals surface area (Å²) in [4.78, 5) is 6.48. The second kappa shape index (κ2) is 5.14. The van der Waals surface area contributed by atoms with Gasteiger partial charge in [0.2, 0.25) is 0 Å². The van der Waals surface area contributed by atoms with Gasteiger partial charge in [0.1, 0.15) is 11.9 Å². The number of nitrogens with one attached hydrogen (secondary N) is 1. The van der Waals surface area contributed by atoms with Crippen LogP contribution in [-0.2, 0) is 6.42 Å². The Labute approximate surface area is 121 Å². The normalized spacial score (nSPS) is 26.4. The van der Waals surface area contributed by atoms with Crippen molar-refractivity contribution in [3.05, 3.63) is 23.4 Å². The zero-order valence-electron chi connectivity index (χ0n) is 11.7. The molecule has 3 heterocycles. The standard InChI is InChI=1S/C14H18F3N3O/c1-8-6-18-7-10-4-9-2-3-11(19-13(9)20(8)10)12(21)5-14(15,16)17/h2-3,8,10,12,18,21H,4-7H2,1H3/t8-,10-,12-/m1/s1. The summed E-state index contributed by atoms with van der Waals surface area (Å²) in [5, 5.41) is 13.1. The first kappa shape index (κ1) is 14.6. The Morgan fingerprint density at radius 2 is 2.19 bits per heavy atom. The Hall–Kier alpha value is -1.34. The van der Waals surface area contributed by atoms with E-state index >= 15 is 0 Å². The molecule has 1 aromatic rings. The maximum Gasteiger partial charge on any atom is 0.391 e. The lowest BCUT2D eigenvalue weighted by Gasteiger charge is -2.37. The lowest BCUT2D eigenvalue weighted by Crippen LogP contribution is -2.55. The van der Waals surface area contributed by atoms with E-state index in [1.54, 1.807) is 6.07 Å². The van der Waals surface area contributed by atoms with Crippen LogP contribution in [0.3, 0.4) is 0 Å². The molecule has 0 saturated carbocycles. The molecule has 2 aliphatic rings. The number of pyridine rings is 1. The summed E-state index contributed by atoms with van der Waals surface area (Å²) in [6.07, 6.45) is -6.42. The van der Waals surface area contributed by atoms with Crippen LogP contribution in [0.4, 0.5) is 19.0 Å². The van der Waals surface area contributed by atoms with Crippen molar-refractivity contribution in [3.63, 3.8) is 0 Å². The fourth-order valence-electron chi connectivity index (χ4n) is 3.21. The summed E-state index contributed by atoms with van der Waals surface area (Å²) in [7, 11) is 0. The zero-order valence-corrected chi connectivity index (χ0v) is 11.7. The van der Waals surface area contributed by atoms with E-state index in [-0.39, 0.29) is 11.7 Å². The Kier molecular flexibility index (Phi) is 3.57. The molecule has 4 nitrogen and oxygen atoms in total. The lowest BCUT2D eigenvalue weighted by molar-refractivity contribution is -0.154. The Morgan fingerprint density at radius 1 is 1.43 bits per heavy atom. The second-order valence-electron chi connectivity index (χ2n) is 5.83. The van der Waals surface area contributed by atoms with Gasteiger partial charge < -0.3 is 15.3 Å². The van der Waals surface area contributed by atoms with Gasteiger partial charge in [-0.05, 0) is 25.0 Å². The third-order valence-electron chi connectivity index (χ3n) is 4.13. The topological polar surface area (TPSA) is 48.4 Å². The molecule has 0 radical (unpaired) electrons. The minimum absolute atomic E-state index is 0.0949. The van der Waals surface area contributed by atoms with E-state index in [2.05, 4.69) is 22.1 Å². The molecule has 2 N–H and O–H groups in total. The van der Waals surface area contributed by atoms with E-state index in [1.807, 2.05) is 0 Å². The van der Waals surface area contributed by atoms with Crippen LogP contribution in [0, 0.1) is 0 Å². The number of aromatic nitrogens is 1. The van der Waals surface area contributed by atoms with Crippen LogP contribution in [0.2, 0.25) is 0 Å². The molecule has 116 valence electrons. The van der Waals surface area contributed by atoms with Crippen LogP contribution in [0.5, 0.6) is 0 Å². The summed E-state index contributed by atoms with van der Waals surface area (Å²) >= 11 is 0. The van der Waals surface area contributed by atoms with Crippen LogP contribution in [0.1, 0.15) is 30.7 Å². The molecular formula is C14H18F3N3O. The van der Waals surface area contributed by atoms with E-state index < -0.39 is 18.7 Å². The summed E-state index contributed by atoms with van der Waals surface area (Å²) in [5.74, 6) is 0.729. The van der Waals surface area contributed by atoms with Crippen molar-refractivity contribution < 1.29 is 18.3 Å². The molecule has 1 aromatic heterocycles. The van der Waals surface area contributed by atoms with Crippen LogP contribution in [-0.4, -0.2) is 41.4 Å². The molecule has 0 unspecified atom stereocenters. The molecule has 1 saturated heterocycles. The molecule has 3 rings (SSSR count). The van der Waals surface area contributed by atoms with E-state index in [9.17, 15) is 18.3 Å². The molecule has 0 bridgehead atoms. The second-order valence-corrected chi connectivity index (χ2v) is 5.83. The van der Waals surface area contributed by atoms with E-state index in [4.69, 9.17) is 0 Å². The molecular weight excluding hydrogens is 283 g/mol. The number of halogens is 3. The average molecular weight is 301 g/mol. The first-order chi connectivity index (χ1) is 9.85. The number of hydrogen-bond donors (Lipinski definition) is 2. The number of rotatable bonds is 2. The molecule has 3 atom stereocenters. The van der Waals surface area contributed by atoms with Gasteiger partial charge in [0.05, 0.1) is 12.1 Å². The third kappa shape index (κ3) is 2.85. The largest absolute Gasteiger partial charge is 0.391 e. The minimum atomic E-state index is -4.40. The van der Waals surface area contributed by atoms with Crippen molar-refractivity contribution in [2.45, 2.75) is 44.1 Å². The predicted molar refractivity (Wildman–Crippen MR) is 72.2 cm³/mol. The Balaban J connectivity index is 1.87. The number of aliphatic hydroxyl groups is 1. The highest BCUT2D eigenvalue weighted by atomic mass is 19.4. The van der Waals surface area contributed by atoms with Crippen LogP contribution in [0.25, 0.3) is 0 Å².